The summed E-state index contributed by atoms with van der Waals surface area (Å²) in [4.78, 5) is 23.1. The maximum absolute atomic E-state index is 12.1. The van der Waals surface area contributed by atoms with Crippen molar-refractivity contribution in [3.05, 3.63) is 46.4 Å². The standard InChI is InChI=1S/C13H9NO4/c1-7-6-18-10-4-2-3-8-11(10)14(7)5-9(12(8)15)13(16)17/h2-6H,1H3,(H,16,17). The van der Waals surface area contributed by atoms with Gasteiger partial charge in [0, 0.05) is 6.20 Å². The molecule has 0 bridgehead atoms. The minimum atomic E-state index is -1.23. The number of carbonyl (C=O) groups is 1. The predicted octanol–water partition coefficient (Wildman–Crippen LogP) is 1.91. The van der Waals surface area contributed by atoms with Crippen LogP contribution in [0, 0.1) is 0 Å². The monoisotopic (exact) mass is 243 g/mol. The summed E-state index contributed by atoms with van der Waals surface area (Å²) in [6.07, 6.45) is 2.86. The van der Waals surface area contributed by atoms with Gasteiger partial charge in [0.1, 0.15) is 11.8 Å². The Kier molecular flexibility index (Phi) is 2.04. The zero-order valence-electron chi connectivity index (χ0n) is 9.51. The number of para-hydroxylation sites is 1. The number of aromatic nitrogens is 1. The number of allylic oxidation sites excluding steroid dienone is 1. The molecule has 0 atom stereocenters. The molecule has 1 N–H and O–H groups in total. The highest BCUT2D eigenvalue weighted by Crippen LogP contribution is 2.30. The van der Waals surface area contributed by atoms with Crippen molar-refractivity contribution >= 4 is 22.6 Å². The number of carboxylic acid groups (broad SMARTS) is 1. The highest BCUT2D eigenvalue weighted by Gasteiger charge is 2.19. The summed E-state index contributed by atoms with van der Waals surface area (Å²) in [5.41, 5.74) is 0.594. The van der Waals surface area contributed by atoms with Crippen LogP contribution in [0.3, 0.4) is 0 Å². The maximum Gasteiger partial charge on any atom is 0.341 e. The summed E-state index contributed by atoms with van der Waals surface area (Å²) in [6, 6.07) is 5.01. The molecule has 90 valence electrons. The molecule has 18 heavy (non-hydrogen) atoms. The molecule has 0 spiro atoms. The number of rotatable bonds is 1. The van der Waals surface area contributed by atoms with Crippen molar-refractivity contribution in [1.29, 1.82) is 0 Å². The highest BCUT2D eigenvalue weighted by molar-refractivity contribution is 5.96. The third-order valence-corrected chi connectivity index (χ3v) is 2.95. The SMILES string of the molecule is CC1=COc2cccc3c(=O)c(C(=O)O)cn1c23. The molecule has 0 radical (unpaired) electrons. The van der Waals surface area contributed by atoms with Crippen LogP contribution in [0.5, 0.6) is 5.75 Å². The van der Waals surface area contributed by atoms with E-state index < -0.39 is 11.4 Å². The summed E-state index contributed by atoms with van der Waals surface area (Å²) in [7, 11) is 0. The van der Waals surface area contributed by atoms with Crippen LogP contribution < -0.4 is 10.2 Å². The second kappa shape index (κ2) is 3.46. The largest absolute Gasteiger partial charge is 0.477 e. The van der Waals surface area contributed by atoms with Crippen molar-refractivity contribution in [2.75, 3.05) is 0 Å². The number of carboxylic acids is 1. The van der Waals surface area contributed by atoms with Crippen LogP contribution in [0.15, 0.2) is 35.5 Å². The molecule has 1 aromatic carbocycles. The van der Waals surface area contributed by atoms with Gasteiger partial charge >= 0.3 is 5.97 Å². The van der Waals surface area contributed by atoms with E-state index in [9.17, 15) is 9.59 Å². The van der Waals surface area contributed by atoms with Crippen LogP contribution in [-0.2, 0) is 0 Å². The molecule has 0 fully saturated rings. The first-order chi connectivity index (χ1) is 8.59. The van der Waals surface area contributed by atoms with E-state index in [1.165, 1.54) is 12.5 Å². The Hall–Kier alpha value is -2.56. The van der Waals surface area contributed by atoms with Crippen molar-refractivity contribution in [3.8, 4) is 5.75 Å². The van der Waals surface area contributed by atoms with Crippen LogP contribution in [0.4, 0.5) is 0 Å². The van der Waals surface area contributed by atoms with E-state index in [2.05, 4.69) is 0 Å². The van der Waals surface area contributed by atoms with Gasteiger partial charge in [-0.1, -0.05) is 6.07 Å². The second-order valence-corrected chi connectivity index (χ2v) is 4.08. The van der Waals surface area contributed by atoms with Crippen LogP contribution in [-0.4, -0.2) is 15.6 Å². The van der Waals surface area contributed by atoms with Gasteiger partial charge in [-0.25, -0.2) is 4.79 Å². The van der Waals surface area contributed by atoms with Gasteiger partial charge in [0.25, 0.3) is 0 Å². The molecule has 0 aliphatic carbocycles. The van der Waals surface area contributed by atoms with Crippen LogP contribution in [0.2, 0.25) is 0 Å². The molecule has 1 aliphatic heterocycles. The van der Waals surface area contributed by atoms with Gasteiger partial charge in [0.05, 0.1) is 16.6 Å². The average molecular weight is 243 g/mol. The van der Waals surface area contributed by atoms with Gasteiger partial charge < -0.3 is 14.4 Å². The number of nitrogens with zero attached hydrogens (tertiary/aromatic N) is 1. The quantitative estimate of drug-likeness (QED) is 0.830. The van der Waals surface area contributed by atoms with Gasteiger partial charge in [-0.05, 0) is 19.1 Å². The number of hydrogen-bond acceptors (Lipinski definition) is 3. The molecule has 3 rings (SSSR count). The molecule has 0 unspecified atom stereocenters. The molecule has 2 aromatic rings. The summed E-state index contributed by atoms with van der Waals surface area (Å²) < 4.78 is 7.06. The first-order valence-corrected chi connectivity index (χ1v) is 5.35. The summed E-state index contributed by atoms with van der Waals surface area (Å²) in [5.74, 6) is -0.678. The van der Waals surface area contributed by atoms with E-state index >= 15 is 0 Å². The van der Waals surface area contributed by atoms with E-state index in [1.54, 1.807) is 29.7 Å². The Bertz CT molecular complexity index is 770. The summed E-state index contributed by atoms with van der Waals surface area (Å²) >= 11 is 0. The van der Waals surface area contributed by atoms with E-state index in [1.807, 2.05) is 0 Å². The zero-order valence-corrected chi connectivity index (χ0v) is 9.51. The Morgan fingerprint density at radius 3 is 2.89 bits per heavy atom. The van der Waals surface area contributed by atoms with E-state index in [-0.39, 0.29) is 5.56 Å². The molecule has 5 nitrogen and oxygen atoms in total. The van der Waals surface area contributed by atoms with Crippen molar-refractivity contribution in [3.63, 3.8) is 0 Å². The topological polar surface area (TPSA) is 68.5 Å². The fourth-order valence-corrected chi connectivity index (χ4v) is 2.08. The Labute approximate surface area is 102 Å². The Morgan fingerprint density at radius 1 is 1.39 bits per heavy atom. The van der Waals surface area contributed by atoms with Crippen molar-refractivity contribution < 1.29 is 14.6 Å². The number of benzene rings is 1. The van der Waals surface area contributed by atoms with E-state index in [0.717, 1.165) is 5.70 Å². The van der Waals surface area contributed by atoms with Gasteiger partial charge in [-0.3, -0.25) is 4.79 Å². The zero-order chi connectivity index (χ0) is 12.9. The lowest BCUT2D eigenvalue weighted by atomic mass is 10.1. The Balaban J connectivity index is 2.56. The summed E-state index contributed by atoms with van der Waals surface area (Å²) in [5, 5.41) is 9.40. The molecular formula is C13H9NO4. The third-order valence-electron chi connectivity index (χ3n) is 2.95. The van der Waals surface area contributed by atoms with E-state index in [4.69, 9.17) is 9.84 Å². The Morgan fingerprint density at radius 2 is 2.17 bits per heavy atom. The smallest absolute Gasteiger partial charge is 0.341 e. The lowest BCUT2D eigenvalue weighted by molar-refractivity contribution is 0.0695. The van der Waals surface area contributed by atoms with Gasteiger partial charge in [0.15, 0.2) is 5.75 Å². The van der Waals surface area contributed by atoms with Crippen LogP contribution >= 0.6 is 0 Å². The van der Waals surface area contributed by atoms with Crippen molar-refractivity contribution in [1.82, 2.24) is 4.57 Å². The minimum Gasteiger partial charge on any atom is -0.477 e. The number of ether oxygens (including phenoxy) is 1. The summed E-state index contributed by atoms with van der Waals surface area (Å²) in [6.45, 7) is 1.78. The molecule has 0 saturated carbocycles. The maximum atomic E-state index is 12.1. The lowest BCUT2D eigenvalue weighted by Gasteiger charge is -2.19. The van der Waals surface area contributed by atoms with Crippen LogP contribution in [0.1, 0.15) is 17.3 Å². The number of hydrogen-bond donors (Lipinski definition) is 1. The normalized spacial score (nSPS) is 13.1. The van der Waals surface area contributed by atoms with E-state index in [0.29, 0.717) is 16.7 Å². The predicted molar refractivity (Wildman–Crippen MR) is 65.7 cm³/mol. The van der Waals surface area contributed by atoms with Gasteiger partial charge in [-0.15, -0.1) is 0 Å². The molecular weight excluding hydrogens is 234 g/mol. The minimum absolute atomic E-state index is 0.241. The van der Waals surface area contributed by atoms with Crippen LogP contribution in [0.25, 0.3) is 16.6 Å². The average Bonchev–Trinajstić information content (AvgIpc) is 2.35. The number of aromatic carboxylic acids is 1. The lowest BCUT2D eigenvalue weighted by Crippen LogP contribution is -2.20. The number of pyridine rings is 1. The molecule has 1 aliphatic rings. The third kappa shape index (κ3) is 1.27. The first kappa shape index (κ1) is 10.6. The molecule has 0 amide bonds. The second-order valence-electron chi connectivity index (χ2n) is 4.08. The highest BCUT2D eigenvalue weighted by atomic mass is 16.5. The molecule has 1 aromatic heterocycles. The molecule has 0 saturated heterocycles. The molecule has 2 heterocycles. The fourth-order valence-electron chi connectivity index (χ4n) is 2.08. The molecule has 5 heteroatoms. The van der Waals surface area contributed by atoms with Crippen molar-refractivity contribution in [2.24, 2.45) is 0 Å². The van der Waals surface area contributed by atoms with Gasteiger partial charge in [-0.2, -0.15) is 0 Å². The fraction of sp³-hybridized carbons (Fsp3) is 0.0769. The van der Waals surface area contributed by atoms with Gasteiger partial charge in [0.2, 0.25) is 5.43 Å². The first-order valence-electron chi connectivity index (χ1n) is 5.35. The van der Waals surface area contributed by atoms with Crippen molar-refractivity contribution in [2.45, 2.75) is 6.92 Å².